The molecule has 1 aromatic carbocycles. The van der Waals surface area contributed by atoms with Crippen molar-refractivity contribution in [2.45, 2.75) is 6.42 Å². The summed E-state index contributed by atoms with van der Waals surface area (Å²) in [6.07, 6.45) is 0.623. The van der Waals surface area contributed by atoms with Crippen molar-refractivity contribution in [2.75, 3.05) is 13.7 Å². The Hall–Kier alpha value is -2.11. The number of hydrogen-bond donors (Lipinski definition) is 0. The molecule has 0 saturated carbocycles. The molecule has 0 N–H and O–H groups in total. The Kier molecular flexibility index (Phi) is 2.47. The fraction of sp³-hybridized carbons (Fsp3) is 0.300. The van der Waals surface area contributed by atoms with Crippen LogP contribution in [0.4, 0.5) is 5.69 Å². The van der Waals surface area contributed by atoms with Gasteiger partial charge < -0.3 is 9.47 Å². The Morgan fingerprint density at radius 2 is 2.31 bits per heavy atom. The minimum Gasteiger partial charge on any atom is -0.486 e. The van der Waals surface area contributed by atoms with E-state index in [1.54, 1.807) is 6.07 Å². The maximum Gasteiger partial charge on any atom is 0.345 e. The van der Waals surface area contributed by atoms with Crippen LogP contribution in [0.15, 0.2) is 12.1 Å². The monoisotopic (exact) mass is 223 g/mol. The number of nitro groups is 1. The van der Waals surface area contributed by atoms with Gasteiger partial charge in [0, 0.05) is 12.0 Å². The van der Waals surface area contributed by atoms with E-state index in [2.05, 4.69) is 4.74 Å². The molecule has 0 fully saturated rings. The lowest BCUT2D eigenvalue weighted by atomic mass is 10.1. The zero-order chi connectivity index (χ0) is 11.7. The highest BCUT2D eigenvalue weighted by Gasteiger charge is 2.31. The highest BCUT2D eigenvalue weighted by atomic mass is 16.6. The second-order valence-corrected chi connectivity index (χ2v) is 3.30. The molecule has 0 spiro atoms. The molecule has 1 aliphatic rings. The van der Waals surface area contributed by atoms with E-state index in [0.29, 0.717) is 13.0 Å². The Bertz CT molecular complexity index is 469. The molecule has 0 atom stereocenters. The predicted octanol–water partition coefficient (Wildman–Crippen LogP) is 1.32. The molecule has 16 heavy (non-hydrogen) atoms. The molecule has 0 amide bonds. The molecule has 6 heteroatoms. The lowest BCUT2D eigenvalue weighted by molar-refractivity contribution is -0.386. The average molecular weight is 223 g/mol. The van der Waals surface area contributed by atoms with E-state index in [1.807, 2.05) is 0 Å². The van der Waals surface area contributed by atoms with Crippen LogP contribution in [-0.4, -0.2) is 24.6 Å². The Morgan fingerprint density at radius 3 is 2.94 bits per heavy atom. The smallest absolute Gasteiger partial charge is 0.345 e. The third-order valence-electron chi connectivity index (χ3n) is 2.42. The molecular formula is C10H9NO5. The Balaban J connectivity index is 2.63. The van der Waals surface area contributed by atoms with Crippen LogP contribution in [0.2, 0.25) is 0 Å². The molecule has 84 valence electrons. The van der Waals surface area contributed by atoms with Crippen LogP contribution in [0.3, 0.4) is 0 Å². The van der Waals surface area contributed by atoms with Crippen molar-refractivity contribution in [1.82, 2.24) is 0 Å². The van der Waals surface area contributed by atoms with Gasteiger partial charge in [-0.2, -0.15) is 0 Å². The molecule has 0 saturated heterocycles. The normalized spacial score (nSPS) is 12.8. The molecule has 6 nitrogen and oxygen atoms in total. The fourth-order valence-electron chi connectivity index (χ4n) is 1.69. The molecular weight excluding hydrogens is 214 g/mol. The predicted molar refractivity (Wildman–Crippen MR) is 53.6 cm³/mol. The molecule has 0 aliphatic carbocycles. The van der Waals surface area contributed by atoms with Crippen molar-refractivity contribution in [1.29, 1.82) is 0 Å². The van der Waals surface area contributed by atoms with Crippen molar-refractivity contribution >= 4 is 11.7 Å². The molecule has 1 heterocycles. The van der Waals surface area contributed by atoms with Crippen molar-refractivity contribution in [3.63, 3.8) is 0 Å². The van der Waals surface area contributed by atoms with Gasteiger partial charge in [0.2, 0.25) is 5.75 Å². The number of carbonyl (C=O) groups excluding carboxylic acids is 1. The Morgan fingerprint density at radius 1 is 1.56 bits per heavy atom. The van der Waals surface area contributed by atoms with Gasteiger partial charge in [-0.25, -0.2) is 4.79 Å². The van der Waals surface area contributed by atoms with Crippen LogP contribution in [0, 0.1) is 10.1 Å². The summed E-state index contributed by atoms with van der Waals surface area (Å²) in [5.41, 5.74) is 0.370. The molecule has 0 bridgehead atoms. The van der Waals surface area contributed by atoms with E-state index in [4.69, 9.17) is 4.74 Å². The summed E-state index contributed by atoms with van der Waals surface area (Å²) in [5.74, 6) is -0.544. The zero-order valence-corrected chi connectivity index (χ0v) is 8.56. The summed E-state index contributed by atoms with van der Waals surface area (Å²) in [6, 6.07) is 3.05. The van der Waals surface area contributed by atoms with Gasteiger partial charge in [-0.3, -0.25) is 10.1 Å². The van der Waals surface area contributed by atoms with Crippen LogP contribution in [0.5, 0.6) is 5.75 Å². The fourth-order valence-corrected chi connectivity index (χ4v) is 1.69. The minimum absolute atomic E-state index is 0.0758. The first-order chi connectivity index (χ1) is 7.65. The molecule has 2 rings (SSSR count). The highest BCUT2D eigenvalue weighted by Crippen LogP contribution is 2.38. The lowest BCUT2D eigenvalue weighted by Crippen LogP contribution is -2.06. The number of methoxy groups -OCH3 is 1. The van der Waals surface area contributed by atoms with Gasteiger partial charge in [0.1, 0.15) is 5.56 Å². The number of hydrogen-bond acceptors (Lipinski definition) is 5. The Labute approximate surface area is 90.9 Å². The van der Waals surface area contributed by atoms with E-state index in [1.165, 1.54) is 13.2 Å². The van der Waals surface area contributed by atoms with Gasteiger partial charge in [0.05, 0.1) is 18.6 Å². The van der Waals surface area contributed by atoms with Gasteiger partial charge in [-0.15, -0.1) is 0 Å². The maximum absolute atomic E-state index is 11.4. The lowest BCUT2D eigenvalue weighted by Gasteiger charge is -2.05. The second kappa shape index (κ2) is 3.80. The summed E-state index contributed by atoms with van der Waals surface area (Å²) in [6.45, 7) is 0.404. The summed E-state index contributed by atoms with van der Waals surface area (Å²) >= 11 is 0. The topological polar surface area (TPSA) is 78.7 Å². The van der Waals surface area contributed by atoms with Crippen LogP contribution in [0.1, 0.15) is 15.9 Å². The highest BCUT2D eigenvalue weighted by molar-refractivity contribution is 5.95. The van der Waals surface area contributed by atoms with Gasteiger partial charge in [-0.05, 0) is 6.07 Å². The van der Waals surface area contributed by atoms with Gasteiger partial charge in [0.25, 0.3) is 0 Å². The quantitative estimate of drug-likeness (QED) is 0.429. The van der Waals surface area contributed by atoms with Crippen LogP contribution in [0.25, 0.3) is 0 Å². The zero-order valence-electron chi connectivity index (χ0n) is 8.56. The summed E-state index contributed by atoms with van der Waals surface area (Å²) in [5, 5.41) is 10.9. The summed E-state index contributed by atoms with van der Waals surface area (Å²) in [4.78, 5) is 21.7. The SMILES string of the molecule is COC(=O)c1ccc2c(c1[N+](=O)[O-])OCC2. The minimum atomic E-state index is -0.731. The van der Waals surface area contributed by atoms with Crippen LogP contribution in [-0.2, 0) is 11.2 Å². The van der Waals surface area contributed by atoms with Crippen LogP contribution >= 0.6 is 0 Å². The van der Waals surface area contributed by atoms with Gasteiger partial charge in [-0.1, -0.05) is 6.07 Å². The second-order valence-electron chi connectivity index (χ2n) is 3.30. The molecule has 0 unspecified atom stereocenters. The number of nitrogens with zero attached hydrogens (tertiary/aromatic N) is 1. The largest absolute Gasteiger partial charge is 0.486 e. The number of nitro benzene ring substituents is 1. The first kappa shape index (κ1) is 10.4. The maximum atomic E-state index is 11.4. The number of fused-ring (bicyclic) bond motifs is 1. The van der Waals surface area contributed by atoms with E-state index in [-0.39, 0.29) is 17.0 Å². The number of benzene rings is 1. The van der Waals surface area contributed by atoms with Gasteiger partial charge >= 0.3 is 11.7 Å². The molecule has 0 radical (unpaired) electrons. The first-order valence-corrected chi connectivity index (χ1v) is 4.66. The molecule has 0 aromatic heterocycles. The number of ether oxygens (including phenoxy) is 2. The van der Waals surface area contributed by atoms with Crippen LogP contribution < -0.4 is 4.74 Å². The van der Waals surface area contributed by atoms with E-state index >= 15 is 0 Å². The first-order valence-electron chi connectivity index (χ1n) is 4.66. The van der Waals surface area contributed by atoms with E-state index in [9.17, 15) is 14.9 Å². The summed E-state index contributed by atoms with van der Waals surface area (Å²) < 4.78 is 9.66. The summed E-state index contributed by atoms with van der Waals surface area (Å²) in [7, 11) is 1.18. The van der Waals surface area contributed by atoms with Crippen molar-refractivity contribution in [2.24, 2.45) is 0 Å². The number of esters is 1. The number of rotatable bonds is 2. The number of carbonyl (C=O) groups is 1. The molecule has 1 aliphatic heterocycles. The van der Waals surface area contributed by atoms with Crippen molar-refractivity contribution in [3.05, 3.63) is 33.4 Å². The third kappa shape index (κ3) is 1.48. The van der Waals surface area contributed by atoms with E-state index in [0.717, 1.165) is 5.56 Å². The standard InChI is InChI=1S/C10H9NO5/c1-15-10(12)7-3-2-6-4-5-16-9(6)8(7)11(13)14/h2-3H,4-5H2,1H3. The molecule has 1 aromatic rings. The van der Waals surface area contributed by atoms with Crippen molar-refractivity contribution < 1.29 is 19.2 Å². The van der Waals surface area contributed by atoms with Gasteiger partial charge in [0.15, 0.2) is 0 Å². The van der Waals surface area contributed by atoms with E-state index < -0.39 is 10.9 Å². The van der Waals surface area contributed by atoms with Crippen molar-refractivity contribution in [3.8, 4) is 5.75 Å². The average Bonchev–Trinajstić information content (AvgIpc) is 2.73. The third-order valence-corrected chi connectivity index (χ3v) is 2.42.